The van der Waals surface area contributed by atoms with Crippen molar-refractivity contribution in [3.63, 3.8) is 0 Å². The van der Waals surface area contributed by atoms with Crippen molar-refractivity contribution in [1.29, 1.82) is 0 Å². The SMILES string of the molecule is C=CC[C@@H]1C[C@@H](OC(C)=O)C[C@@H](CCO[Si](c2ccccc2)(c2ccccc2)C(C)(C)C)O1. The molecule has 0 saturated carbocycles. The van der Waals surface area contributed by atoms with Gasteiger partial charge in [0.15, 0.2) is 0 Å². The Morgan fingerprint density at radius 2 is 1.58 bits per heavy atom. The topological polar surface area (TPSA) is 44.8 Å². The number of rotatable bonds is 9. The summed E-state index contributed by atoms with van der Waals surface area (Å²) in [4.78, 5) is 11.6. The van der Waals surface area contributed by atoms with Gasteiger partial charge in [0, 0.05) is 26.4 Å². The van der Waals surface area contributed by atoms with Gasteiger partial charge < -0.3 is 13.9 Å². The monoisotopic (exact) mass is 466 g/mol. The van der Waals surface area contributed by atoms with Crippen LogP contribution < -0.4 is 10.4 Å². The Morgan fingerprint density at radius 3 is 2.06 bits per heavy atom. The second-order valence-corrected chi connectivity index (χ2v) is 14.2. The van der Waals surface area contributed by atoms with Crippen molar-refractivity contribution in [3.8, 4) is 0 Å². The zero-order chi connectivity index (χ0) is 23.9. The minimum absolute atomic E-state index is 0.00809. The predicted molar refractivity (Wildman–Crippen MR) is 136 cm³/mol. The fraction of sp³-hybridized carbons (Fsp3) is 0.464. The summed E-state index contributed by atoms with van der Waals surface area (Å²) in [5.41, 5.74) is 0. The van der Waals surface area contributed by atoms with Gasteiger partial charge in [0.05, 0.1) is 12.2 Å². The Balaban J connectivity index is 1.82. The lowest BCUT2D eigenvalue weighted by Crippen LogP contribution is -2.66. The van der Waals surface area contributed by atoms with E-state index in [1.165, 1.54) is 17.3 Å². The molecule has 0 spiro atoms. The summed E-state index contributed by atoms with van der Waals surface area (Å²) in [5, 5.41) is 2.49. The fourth-order valence-corrected chi connectivity index (χ4v) is 9.60. The van der Waals surface area contributed by atoms with E-state index in [-0.39, 0.29) is 29.3 Å². The van der Waals surface area contributed by atoms with E-state index in [0.717, 1.165) is 19.3 Å². The number of carbonyl (C=O) groups is 1. The average Bonchev–Trinajstić information content (AvgIpc) is 2.77. The van der Waals surface area contributed by atoms with E-state index in [1.54, 1.807) is 0 Å². The highest BCUT2D eigenvalue weighted by molar-refractivity contribution is 6.99. The molecule has 0 aromatic heterocycles. The van der Waals surface area contributed by atoms with Crippen LogP contribution in [0.5, 0.6) is 0 Å². The molecule has 0 radical (unpaired) electrons. The number of hydrogen-bond acceptors (Lipinski definition) is 4. The van der Waals surface area contributed by atoms with E-state index in [2.05, 4.69) is 88.0 Å². The third-order valence-electron chi connectivity index (χ3n) is 6.37. The van der Waals surface area contributed by atoms with Gasteiger partial charge in [0.1, 0.15) is 6.10 Å². The van der Waals surface area contributed by atoms with Gasteiger partial charge in [0.25, 0.3) is 8.32 Å². The minimum Gasteiger partial charge on any atom is -0.462 e. The number of hydrogen-bond donors (Lipinski definition) is 0. The smallest absolute Gasteiger partial charge is 0.302 e. The molecule has 5 heteroatoms. The van der Waals surface area contributed by atoms with Gasteiger partial charge in [-0.1, -0.05) is 87.5 Å². The van der Waals surface area contributed by atoms with Gasteiger partial charge in [0.2, 0.25) is 0 Å². The molecule has 1 aliphatic rings. The standard InChI is InChI=1S/C28H38O4Si/c1-6-13-23-20-25(31-22(2)29)21-24(32-23)18-19-30-33(28(3,4)5,26-14-9-7-10-15-26)27-16-11-8-12-17-27/h6-12,14-17,23-25H,1,13,18-21H2,2-5H3/t23-,24-,25-/m1/s1. The van der Waals surface area contributed by atoms with Gasteiger partial charge in [-0.3, -0.25) is 4.79 Å². The molecule has 1 aliphatic heterocycles. The van der Waals surface area contributed by atoms with Gasteiger partial charge in [-0.25, -0.2) is 0 Å². The van der Waals surface area contributed by atoms with Crippen LogP contribution in [0.1, 0.15) is 53.4 Å². The highest BCUT2D eigenvalue weighted by Crippen LogP contribution is 2.37. The van der Waals surface area contributed by atoms with Crippen molar-refractivity contribution >= 4 is 24.7 Å². The van der Waals surface area contributed by atoms with E-state index in [1.807, 2.05) is 6.08 Å². The quantitative estimate of drug-likeness (QED) is 0.296. The van der Waals surface area contributed by atoms with E-state index in [4.69, 9.17) is 13.9 Å². The van der Waals surface area contributed by atoms with E-state index < -0.39 is 8.32 Å². The fourth-order valence-electron chi connectivity index (χ4n) is 5.03. The summed E-state index contributed by atoms with van der Waals surface area (Å²) in [6.45, 7) is 12.8. The van der Waals surface area contributed by atoms with E-state index in [9.17, 15) is 4.79 Å². The molecular weight excluding hydrogens is 428 g/mol. The van der Waals surface area contributed by atoms with Crippen molar-refractivity contribution in [2.75, 3.05) is 6.61 Å². The van der Waals surface area contributed by atoms with Crippen LogP contribution in [0.3, 0.4) is 0 Å². The van der Waals surface area contributed by atoms with E-state index in [0.29, 0.717) is 13.0 Å². The first-order chi connectivity index (χ1) is 15.8. The van der Waals surface area contributed by atoms with Crippen molar-refractivity contribution in [3.05, 3.63) is 73.3 Å². The maximum absolute atomic E-state index is 11.6. The minimum atomic E-state index is -2.57. The van der Waals surface area contributed by atoms with Crippen molar-refractivity contribution in [2.45, 2.75) is 76.7 Å². The summed E-state index contributed by atoms with van der Waals surface area (Å²) >= 11 is 0. The van der Waals surface area contributed by atoms with Gasteiger partial charge >= 0.3 is 5.97 Å². The molecule has 3 atom stereocenters. The first-order valence-corrected chi connectivity index (χ1v) is 13.9. The molecule has 178 valence electrons. The second-order valence-electron chi connectivity index (χ2n) is 9.91. The van der Waals surface area contributed by atoms with Crippen LogP contribution in [-0.2, 0) is 18.7 Å². The molecule has 0 amide bonds. The van der Waals surface area contributed by atoms with Crippen LogP contribution in [0, 0.1) is 0 Å². The van der Waals surface area contributed by atoms with Crippen LogP contribution in [0.15, 0.2) is 73.3 Å². The molecule has 2 aromatic rings. The second kappa shape index (κ2) is 11.3. The molecule has 1 saturated heterocycles. The van der Waals surface area contributed by atoms with Crippen molar-refractivity contribution < 1.29 is 18.7 Å². The first-order valence-electron chi connectivity index (χ1n) is 11.9. The molecule has 2 aromatic carbocycles. The van der Waals surface area contributed by atoms with Gasteiger partial charge in [-0.05, 0) is 28.3 Å². The molecular formula is C28H38O4Si. The van der Waals surface area contributed by atoms with Crippen LogP contribution in [-0.4, -0.2) is 39.2 Å². The molecule has 0 bridgehead atoms. The molecule has 1 heterocycles. The number of carbonyl (C=O) groups excluding carboxylic acids is 1. The molecule has 0 N–H and O–H groups in total. The molecule has 33 heavy (non-hydrogen) atoms. The molecule has 3 rings (SSSR count). The summed E-state index contributed by atoms with van der Waals surface area (Å²) in [6, 6.07) is 21.3. The molecule has 0 aliphatic carbocycles. The predicted octanol–water partition coefficient (Wildman–Crippen LogP) is 5.01. The Morgan fingerprint density at radius 1 is 1.03 bits per heavy atom. The molecule has 0 unspecified atom stereocenters. The lowest BCUT2D eigenvalue weighted by Gasteiger charge is -2.43. The summed E-state index contributed by atoms with van der Waals surface area (Å²) in [5.74, 6) is -0.235. The Hall–Kier alpha value is -2.21. The maximum atomic E-state index is 11.6. The van der Waals surface area contributed by atoms with Gasteiger partial charge in [-0.2, -0.15) is 0 Å². The van der Waals surface area contributed by atoms with Crippen molar-refractivity contribution in [1.82, 2.24) is 0 Å². The third kappa shape index (κ3) is 6.22. The van der Waals surface area contributed by atoms with Crippen LogP contribution in [0.25, 0.3) is 0 Å². The Labute approximate surface area is 200 Å². The Kier molecular flexibility index (Phi) is 8.68. The van der Waals surface area contributed by atoms with E-state index >= 15 is 0 Å². The normalized spacial score (nSPS) is 21.4. The van der Waals surface area contributed by atoms with Crippen LogP contribution in [0.4, 0.5) is 0 Å². The molecule has 4 nitrogen and oxygen atoms in total. The maximum Gasteiger partial charge on any atom is 0.302 e. The first kappa shape index (κ1) is 25.4. The van der Waals surface area contributed by atoms with Crippen LogP contribution in [0.2, 0.25) is 5.04 Å². The number of ether oxygens (including phenoxy) is 2. The van der Waals surface area contributed by atoms with Crippen molar-refractivity contribution in [2.24, 2.45) is 0 Å². The highest BCUT2D eigenvalue weighted by Gasteiger charge is 2.50. The lowest BCUT2D eigenvalue weighted by molar-refractivity contribution is -0.159. The highest BCUT2D eigenvalue weighted by atomic mass is 28.4. The zero-order valence-corrected chi connectivity index (χ0v) is 21.5. The Bertz CT molecular complexity index is 852. The summed E-state index contributed by atoms with van der Waals surface area (Å²) in [7, 11) is -2.57. The summed E-state index contributed by atoms with van der Waals surface area (Å²) < 4.78 is 18.9. The number of esters is 1. The van der Waals surface area contributed by atoms with Gasteiger partial charge in [-0.15, -0.1) is 6.58 Å². The average molecular weight is 467 g/mol. The lowest BCUT2D eigenvalue weighted by atomic mass is 9.97. The zero-order valence-electron chi connectivity index (χ0n) is 20.5. The summed E-state index contributed by atoms with van der Waals surface area (Å²) in [6.07, 6.45) is 4.72. The molecule has 1 fully saturated rings. The van der Waals surface area contributed by atoms with Crippen LogP contribution >= 0.6 is 0 Å². The largest absolute Gasteiger partial charge is 0.462 e. The number of benzene rings is 2. The third-order valence-corrected chi connectivity index (χ3v) is 11.4.